The monoisotopic (exact) mass is 1640 g/mol. The van der Waals surface area contributed by atoms with Gasteiger partial charge in [-0.2, -0.15) is 0 Å². The number of rotatable bonds is 82. The highest BCUT2D eigenvalue weighted by molar-refractivity contribution is 7.78. The Morgan fingerprint density at radius 2 is 0.566 bits per heavy atom. The van der Waals surface area contributed by atoms with Crippen LogP contribution in [0.25, 0.3) is 0 Å². The normalized spacial score (nSPS) is 13.8. The lowest BCUT2D eigenvalue weighted by Crippen LogP contribution is -2.45. The van der Waals surface area contributed by atoms with Crippen LogP contribution in [0.15, 0.2) is 0 Å². The number of nitrogens with one attached hydrogen (secondary N) is 10. The lowest BCUT2D eigenvalue weighted by atomic mass is 9.81. The predicted octanol–water partition coefficient (Wildman–Crippen LogP) is 1.44. The van der Waals surface area contributed by atoms with E-state index in [9.17, 15) is 62.6 Å². The van der Waals surface area contributed by atoms with Crippen molar-refractivity contribution in [2.75, 3.05) is 211 Å². The molecule has 654 valence electrons. The molecule has 0 heterocycles. The Labute approximate surface area is 671 Å². The van der Waals surface area contributed by atoms with Gasteiger partial charge in [0.25, 0.3) is 0 Å². The van der Waals surface area contributed by atoms with E-state index in [-0.39, 0.29) is 282 Å². The number of ether oxygens (including phenoxy) is 12. The number of hydrogen-bond donors (Lipinski definition) is 14. The fraction of sp³-hybridized carbons (Fsp3) is 0.840. The molecule has 0 aliphatic heterocycles. The molecule has 0 bridgehead atoms. The number of hydrogen-bond acceptors (Lipinski definition) is 26. The first-order chi connectivity index (χ1) is 54.9. The Bertz CT molecular complexity index is 2520. The summed E-state index contributed by atoms with van der Waals surface area (Å²) < 4.78 is 66.6. The standard InChI is InChI=1S/C75H136N10O27S/c86-64(20-15-13-11-9-7-5-3-1-2-4-6-8-10-12-14-16-21-72(94)95)83-53-60-22-24-61(25-23-60)73(96)84-62(74(97)98)26-27-65(87)77-29-35-101-41-48-108-55-67(89)79-31-37-103-43-50-110-57-69(91)81-33-39-105-45-52-112-59-71(93)82-34-40-106-46-51-111-58-70(92)80-32-38-104-44-49-109-56-68(90)78-30-36-102-42-47-107-54-66(88)76-28-18-17-19-63(85-113)75(99)100/h60-63,85,113H,1-59H2,(H,76,88)(H,77,87)(H,78,90)(H,79,89)(H,80,92)(H,81,91)(H,82,93)(H,83,86)(H,84,96)(H,94,95)(H,97,98)(H,99,100)/t60-,61-,62-,63-/m0/s1. The summed E-state index contributed by atoms with van der Waals surface area (Å²) in [5.41, 5.74) is 0. The van der Waals surface area contributed by atoms with Gasteiger partial charge in [0.1, 0.15) is 51.7 Å². The summed E-state index contributed by atoms with van der Waals surface area (Å²) in [5, 5.41) is 51.7. The second-order valence-electron chi connectivity index (χ2n) is 27.0. The van der Waals surface area contributed by atoms with Crippen LogP contribution >= 0.6 is 12.8 Å². The number of amides is 9. The first kappa shape index (κ1) is 104. The molecule has 0 aromatic heterocycles. The van der Waals surface area contributed by atoms with Crippen LogP contribution in [-0.4, -0.2) is 309 Å². The number of carbonyl (C=O) groups is 12. The lowest BCUT2D eigenvalue weighted by molar-refractivity contribution is -0.143. The van der Waals surface area contributed by atoms with Gasteiger partial charge >= 0.3 is 17.9 Å². The molecule has 9 amide bonds. The SMILES string of the molecule is O=C(O)CCCCCCCCCCCCCCCCCCC(=O)NC[C@H]1CC[C@H](C(=O)N[C@@H](CCC(=O)NCCOCCOCC(=O)NCCOCCOCC(=O)NCCOCCOCC(=O)NCCOCCOCC(=O)NCCOCCOCC(=O)NCCOCCOCC(=O)NCCCC[C@H](NS)C(=O)O)C(=O)O)CC1. The Morgan fingerprint density at radius 3 is 0.876 bits per heavy atom. The minimum absolute atomic E-state index is 0.0560. The summed E-state index contributed by atoms with van der Waals surface area (Å²) in [6.45, 7) is 4.66. The summed E-state index contributed by atoms with van der Waals surface area (Å²) in [6, 6.07) is -1.95. The van der Waals surface area contributed by atoms with Crippen LogP contribution in [0.2, 0.25) is 0 Å². The van der Waals surface area contributed by atoms with E-state index in [1.807, 2.05) is 0 Å². The second kappa shape index (κ2) is 76.7. The number of carboxylic acid groups (broad SMARTS) is 3. The van der Waals surface area contributed by atoms with Crippen molar-refractivity contribution in [3.8, 4) is 0 Å². The molecule has 0 radical (unpaired) electrons. The number of unbranched alkanes of at least 4 members (excludes halogenated alkanes) is 16. The van der Waals surface area contributed by atoms with E-state index in [0.717, 1.165) is 51.4 Å². The molecular weight excluding hydrogens is 1500 g/mol. The van der Waals surface area contributed by atoms with Crippen LogP contribution in [0.5, 0.6) is 0 Å². The van der Waals surface area contributed by atoms with Crippen LogP contribution in [0.1, 0.15) is 173 Å². The minimum atomic E-state index is -1.22. The van der Waals surface area contributed by atoms with Gasteiger partial charge in [-0.1, -0.05) is 103 Å². The smallest absolute Gasteiger partial charge is 0.326 e. The molecule has 38 heteroatoms. The van der Waals surface area contributed by atoms with E-state index in [0.29, 0.717) is 51.6 Å². The van der Waals surface area contributed by atoms with Gasteiger partial charge < -0.3 is 120 Å². The summed E-state index contributed by atoms with van der Waals surface area (Å²) in [6.07, 6.45) is 23.5. The first-order valence-corrected chi connectivity index (χ1v) is 40.8. The van der Waals surface area contributed by atoms with Crippen LogP contribution < -0.4 is 52.6 Å². The van der Waals surface area contributed by atoms with Crippen molar-refractivity contribution in [3.05, 3.63) is 0 Å². The van der Waals surface area contributed by atoms with E-state index in [4.69, 9.17) is 67.1 Å². The van der Waals surface area contributed by atoms with Crippen molar-refractivity contribution in [1.82, 2.24) is 52.6 Å². The number of carboxylic acids is 3. The van der Waals surface area contributed by atoms with E-state index in [2.05, 4.69) is 65.4 Å². The highest BCUT2D eigenvalue weighted by Gasteiger charge is 2.30. The van der Waals surface area contributed by atoms with E-state index in [1.165, 1.54) is 64.2 Å². The van der Waals surface area contributed by atoms with Gasteiger partial charge in [-0.15, -0.1) is 0 Å². The van der Waals surface area contributed by atoms with Crippen molar-refractivity contribution in [2.24, 2.45) is 11.8 Å². The molecule has 0 aromatic carbocycles. The fourth-order valence-electron chi connectivity index (χ4n) is 11.1. The van der Waals surface area contributed by atoms with Crippen molar-refractivity contribution in [2.45, 2.75) is 185 Å². The van der Waals surface area contributed by atoms with Crippen LogP contribution in [0.4, 0.5) is 0 Å². The third-order valence-corrected chi connectivity index (χ3v) is 17.7. The molecule has 113 heavy (non-hydrogen) atoms. The first-order valence-electron chi connectivity index (χ1n) is 40.3. The molecule has 0 saturated heterocycles. The van der Waals surface area contributed by atoms with E-state index < -0.39 is 30.0 Å². The van der Waals surface area contributed by atoms with E-state index >= 15 is 0 Å². The fourth-order valence-corrected chi connectivity index (χ4v) is 11.3. The Kier molecular flexibility index (Phi) is 71.0. The van der Waals surface area contributed by atoms with Crippen molar-refractivity contribution in [1.29, 1.82) is 0 Å². The summed E-state index contributed by atoms with van der Waals surface area (Å²) in [4.78, 5) is 143. The third-order valence-electron chi connectivity index (χ3n) is 17.4. The zero-order valence-electron chi connectivity index (χ0n) is 66.6. The molecule has 1 rings (SSSR count). The quantitative estimate of drug-likeness (QED) is 0.0302. The molecular formula is C75H136N10O27S. The van der Waals surface area contributed by atoms with Crippen LogP contribution in [0.3, 0.4) is 0 Å². The largest absolute Gasteiger partial charge is 0.481 e. The maximum absolute atomic E-state index is 13.0. The average Bonchev–Trinajstić information content (AvgIpc) is 0.870. The summed E-state index contributed by atoms with van der Waals surface area (Å²) in [7, 11) is 0. The number of thiol groups is 1. The molecule has 0 aromatic rings. The summed E-state index contributed by atoms with van der Waals surface area (Å²) >= 11 is 3.78. The zero-order chi connectivity index (χ0) is 82.5. The predicted molar refractivity (Wildman–Crippen MR) is 416 cm³/mol. The molecule has 0 unspecified atom stereocenters. The van der Waals surface area contributed by atoms with Crippen LogP contribution in [0, 0.1) is 11.8 Å². The molecule has 0 spiro atoms. The molecule has 2 atom stereocenters. The Balaban J connectivity index is 1.85. The molecule has 13 N–H and O–H groups in total. The minimum Gasteiger partial charge on any atom is -0.481 e. The zero-order valence-corrected chi connectivity index (χ0v) is 67.5. The lowest BCUT2D eigenvalue weighted by Gasteiger charge is -2.28. The van der Waals surface area contributed by atoms with Gasteiger partial charge in [-0.05, 0) is 70.1 Å². The Morgan fingerprint density at radius 1 is 0.283 bits per heavy atom. The topological polar surface area (TPSA) is 497 Å². The van der Waals surface area contributed by atoms with Crippen molar-refractivity contribution >= 4 is 83.9 Å². The second-order valence-corrected chi connectivity index (χ2v) is 27.2. The van der Waals surface area contributed by atoms with Gasteiger partial charge in [0.05, 0.1) is 119 Å². The van der Waals surface area contributed by atoms with Crippen molar-refractivity contribution < 1.29 is 130 Å². The van der Waals surface area contributed by atoms with Crippen molar-refractivity contribution in [3.63, 3.8) is 0 Å². The maximum atomic E-state index is 13.0. The summed E-state index contributed by atoms with van der Waals surface area (Å²) in [5.74, 6) is -5.66. The number of aliphatic carboxylic acids is 3. The van der Waals surface area contributed by atoms with Gasteiger partial charge in [-0.3, -0.25) is 57.5 Å². The Hall–Kier alpha value is -6.53. The maximum Gasteiger partial charge on any atom is 0.326 e. The molecule has 1 fully saturated rings. The highest BCUT2D eigenvalue weighted by Crippen LogP contribution is 2.29. The average molecular weight is 1640 g/mol. The molecule has 1 aliphatic rings. The highest BCUT2D eigenvalue weighted by atomic mass is 32.1. The van der Waals surface area contributed by atoms with Crippen LogP contribution in [-0.2, 0) is 114 Å². The van der Waals surface area contributed by atoms with Gasteiger partial charge in [0, 0.05) is 77.5 Å². The van der Waals surface area contributed by atoms with Gasteiger partial charge in [0.15, 0.2) is 0 Å². The van der Waals surface area contributed by atoms with Gasteiger partial charge in [-0.25, -0.2) is 4.79 Å². The van der Waals surface area contributed by atoms with Gasteiger partial charge in [0.2, 0.25) is 53.2 Å². The molecule has 1 aliphatic carbocycles. The number of carbonyl (C=O) groups excluding carboxylic acids is 9. The third kappa shape index (κ3) is 70.6. The van der Waals surface area contributed by atoms with E-state index in [1.54, 1.807) is 0 Å². The molecule has 1 saturated carbocycles. The molecule has 37 nitrogen and oxygen atoms in total.